The molecule has 1 aliphatic heterocycles. The van der Waals surface area contributed by atoms with Gasteiger partial charge in [0.2, 0.25) is 11.8 Å². The number of fused-ring (bicyclic) bond motifs is 1. The van der Waals surface area contributed by atoms with E-state index in [-0.39, 0.29) is 36.4 Å². The lowest BCUT2D eigenvalue weighted by Crippen LogP contribution is -2.49. The Morgan fingerprint density at radius 3 is 2.50 bits per heavy atom. The van der Waals surface area contributed by atoms with Crippen molar-refractivity contribution in [2.45, 2.75) is 53.1 Å². The average Bonchev–Trinajstić information content (AvgIpc) is 3.13. The Balaban J connectivity index is 1.94. The molecule has 2 heterocycles. The van der Waals surface area contributed by atoms with Crippen LogP contribution in [0.4, 0.5) is 0 Å². The highest BCUT2D eigenvalue weighted by Gasteiger charge is 2.35. The molecule has 5 heteroatoms. The van der Waals surface area contributed by atoms with Crippen molar-refractivity contribution >= 4 is 23.2 Å². The van der Waals surface area contributed by atoms with E-state index in [0.29, 0.717) is 6.54 Å². The second-order valence-corrected chi connectivity index (χ2v) is 9.11. The van der Waals surface area contributed by atoms with Gasteiger partial charge in [-0.25, -0.2) is 0 Å². The van der Waals surface area contributed by atoms with Crippen LogP contribution in [0.25, 0.3) is 0 Å². The van der Waals surface area contributed by atoms with Gasteiger partial charge >= 0.3 is 0 Å². The Morgan fingerprint density at radius 1 is 1.14 bits per heavy atom. The molecule has 0 N–H and O–H groups in total. The van der Waals surface area contributed by atoms with Crippen LogP contribution >= 0.6 is 11.3 Å². The van der Waals surface area contributed by atoms with E-state index in [9.17, 15) is 9.59 Å². The Hall–Kier alpha value is -2.14. The lowest BCUT2D eigenvalue weighted by molar-refractivity contribution is -0.145. The van der Waals surface area contributed by atoms with E-state index in [1.165, 1.54) is 21.6 Å². The lowest BCUT2D eigenvalue weighted by Gasteiger charge is -2.39. The van der Waals surface area contributed by atoms with Crippen LogP contribution in [0.2, 0.25) is 0 Å². The predicted molar refractivity (Wildman–Crippen MR) is 114 cm³/mol. The van der Waals surface area contributed by atoms with Crippen LogP contribution in [0.5, 0.6) is 0 Å². The van der Waals surface area contributed by atoms with E-state index in [2.05, 4.69) is 30.5 Å². The first-order valence-electron chi connectivity index (χ1n) is 10.0. The number of rotatable bonds is 5. The zero-order valence-electron chi connectivity index (χ0n) is 17.4. The third kappa shape index (κ3) is 4.00. The average molecular weight is 399 g/mol. The fourth-order valence-corrected chi connectivity index (χ4v) is 4.80. The van der Waals surface area contributed by atoms with Crippen LogP contribution < -0.4 is 0 Å². The third-order valence-electron chi connectivity index (χ3n) is 5.48. The van der Waals surface area contributed by atoms with Gasteiger partial charge in [-0.05, 0) is 55.3 Å². The van der Waals surface area contributed by atoms with Gasteiger partial charge in [0.15, 0.2) is 0 Å². The quantitative estimate of drug-likeness (QED) is 0.748. The van der Waals surface area contributed by atoms with Gasteiger partial charge in [0.25, 0.3) is 0 Å². The second kappa shape index (κ2) is 8.48. The summed E-state index contributed by atoms with van der Waals surface area (Å²) in [6, 6.07) is 10.4. The van der Waals surface area contributed by atoms with Crippen molar-refractivity contribution in [3.8, 4) is 0 Å². The van der Waals surface area contributed by atoms with Crippen molar-refractivity contribution < 1.29 is 9.59 Å². The minimum Gasteiger partial charge on any atom is -0.331 e. The highest BCUT2D eigenvalue weighted by molar-refractivity contribution is 7.10. The topological polar surface area (TPSA) is 40.6 Å². The molecule has 0 fully saturated rings. The minimum atomic E-state index is -0.118. The summed E-state index contributed by atoms with van der Waals surface area (Å²) in [5.74, 6) is -0.0657. The van der Waals surface area contributed by atoms with Gasteiger partial charge in [-0.1, -0.05) is 38.1 Å². The summed E-state index contributed by atoms with van der Waals surface area (Å²) in [5, 5.41) is 2.12. The van der Waals surface area contributed by atoms with Gasteiger partial charge in [-0.15, -0.1) is 11.3 Å². The Morgan fingerprint density at radius 2 is 1.86 bits per heavy atom. The zero-order chi connectivity index (χ0) is 20.4. The van der Waals surface area contributed by atoms with E-state index in [1.54, 1.807) is 16.2 Å². The van der Waals surface area contributed by atoms with E-state index < -0.39 is 0 Å². The summed E-state index contributed by atoms with van der Waals surface area (Å²) in [4.78, 5) is 31.1. The van der Waals surface area contributed by atoms with Crippen molar-refractivity contribution in [3.63, 3.8) is 0 Å². The van der Waals surface area contributed by atoms with Gasteiger partial charge in [-0.3, -0.25) is 9.59 Å². The molecule has 28 heavy (non-hydrogen) atoms. The Labute approximate surface area is 172 Å². The number of nitrogens with zero attached hydrogens (tertiary/aromatic N) is 2. The molecule has 0 radical (unpaired) electrons. The number of amides is 2. The lowest BCUT2D eigenvalue weighted by atomic mass is 9.90. The molecule has 150 valence electrons. The molecule has 2 amide bonds. The van der Waals surface area contributed by atoms with Crippen LogP contribution in [-0.2, 0) is 16.0 Å². The van der Waals surface area contributed by atoms with Crippen molar-refractivity contribution in [1.29, 1.82) is 0 Å². The van der Waals surface area contributed by atoms with Gasteiger partial charge in [0.1, 0.15) is 6.54 Å². The molecule has 0 saturated heterocycles. The zero-order valence-corrected chi connectivity index (χ0v) is 18.3. The highest BCUT2D eigenvalue weighted by Crippen LogP contribution is 2.39. The fraction of sp³-hybridized carbons (Fsp3) is 0.478. The van der Waals surface area contributed by atoms with Crippen LogP contribution in [0.1, 0.15) is 55.3 Å². The van der Waals surface area contributed by atoms with Gasteiger partial charge in [0.05, 0.1) is 6.04 Å². The summed E-state index contributed by atoms with van der Waals surface area (Å²) < 4.78 is 0. The summed E-state index contributed by atoms with van der Waals surface area (Å²) in [6.07, 6.45) is 0.876. The summed E-state index contributed by atoms with van der Waals surface area (Å²) in [7, 11) is 0. The maximum Gasteiger partial charge on any atom is 0.243 e. The molecule has 1 aromatic heterocycles. The molecule has 4 nitrogen and oxygen atoms in total. The number of benzene rings is 1. The first kappa shape index (κ1) is 20.6. The molecule has 1 aliphatic rings. The summed E-state index contributed by atoms with van der Waals surface area (Å²) in [6.45, 7) is 10.6. The normalized spacial score (nSPS) is 16.4. The second-order valence-electron chi connectivity index (χ2n) is 8.11. The van der Waals surface area contributed by atoms with E-state index in [0.717, 1.165) is 6.42 Å². The molecular formula is C23H30N2O2S. The van der Waals surface area contributed by atoms with E-state index in [4.69, 9.17) is 0 Å². The third-order valence-corrected chi connectivity index (χ3v) is 6.47. The highest BCUT2D eigenvalue weighted by atomic mass is 32.1. The molecule has 0 saturated carbocycles. The van der Waals surface area contributed by atoms with Gasteiger partial charge < -0.3 is 9.80 Å². The number of aryl methyl sites for hydroxylation is 1. The molecule has 0 bridgehead atoms. The van der Waals surface area contributed by atoms with Crippen molar-refractivity contribution in [2.24, 2.45) is 5.92 Å². The molecule has 0 spiro atoms. The maximum atomic E-state index is 13.4. The predicted octanol–water partition coefficient (Wildman–Crippen LogP) is 4.42. The number of hydrogen-bond donors (Lipinski definition) is 0. The monoisotopic (exact) mass is 398 g/mol. The Bertz CT molecular complexity index is 856. The first-order valence-corrected chi connectivity index (χ1v) is 10.9. The van der Waals surface area contributed by atoms with Crippen LogP contribution in [0.15, 0.2) is 35.7 Å². The fourth-order valence-electron chi connectivity index (χ4n) is 3.90. The first-order chi connectivity index (χ1) is 13.3. The number of carbonyl (C=O) groups is 2. The molecular weight excluding hydrogens is 368 g/mol. The molecule has 2 aromatic rings. The van der Waals surface area contributed by atoms with Crippen LogP contribution in [0.3, 0.4) is 0 Å². The van der Waals surface area contributed by atoms with E-state index in [1.807, 2.05) is 44.7 Å². The van der Waals surface area contributed by atoms with Gasteiger partial charge in [-0.2, -0.15) is 0 Å². The number of thiophene rings is 1. The van der Waals surface area contributed by atoms with E-state index >= 15 is 0 Å². The van der Waals surface area contributed by atoms with Crippen molar-refractivity contribution in [1.82, 2.24) is 9.80 Å². The molecule has 0 unspecified atom stereocenters. The number of hydrogen-bond acceptors (Lipinski definition) is 3. The minimum absolute atomic E-state index is 0.00254. The standard InChI is InChI=1S/C23H30N2O2S/c1-15(2)23(27)25(16(3)4)14-21(26)24-12-10-20-19(11-13-28-20)22(24)18-9-7-6-8-17(18)5/h6-9,11,13,15-16,22H,10,12,14H2,1-5H3/t22-/m1/s1. The van der Waals surface area contributed by atoms with Gasteiger partial charge in [0, 0.05) is 23.4 Å². The van der Waals surface area contributed by atoms with Crippen LogP contribution in [0, 0.1) is 12.8 Å². The smallest absolute Gasteiger partial charge is 0.243 e. The Kier molecular flexibility index (Phi) is 6.23. The number of carbonyl (C=O) groups excluding carboxylic acids is 2. The molecule has 0 aliphatic carbocycles. The van der Waals surface area contributed by atoms with Crippen LogP contribution in [-0.4, -0.2) is 40.7 Å². The molecule has 1 atom stereocenters. The van der Waals surface area contributed by atoms with Crippen molar-refractivity contribution in [3.05, 3.63) is 57.3 Å². The summed E-state index contributed by atoms with van der Waals surface area (Å²) in [5.41, 5.74) is 3.58. The SMILES string of the molecule is Cc1ccccc1[C@@H]1c2ccsc2CCN1C(=O)CN(C(=O)C(C)C)C(C)C. The summed E-state index contributed by atoms with van der Waals surface area (Å²) >= 11 is 1.77. The molecule has 3 rings (SSSR count). The molecule has 1 aromatic carbocycles. The van der Waals surface area contributed by atoms with Crippen molar-refractivity contribution in [2.75, 3.05) is 13.1 Å². The maximum absolute atomic E-state index is 13.4. The largest absolute Gasteiger partial charge is 0.331 e.